The summed E-state index contributed by atoms with van der Waals surface area (Å²) >= 11 is 0. The number of nitrogens with one attached hydrogen (secondary N) is 2. The fourth-order valence-corrected chi connectivity index (χ4v) is 2.84. The number of carbonyl (C=O) groups excluding carboxylic acids is 1. The van der Waals surface area contributed by atoms with Crippen molar-refractivity contribution in [3.05, 3.63) is 29.8 Å². The van der Waals surface area contributed by atoms with E-state index in [0.717, 1.165) is 31.6 Å². The van der Waals surface area contributed by atoms with Crippen molar-refractivity contribution in [1.82, 2.24) is 10.2 Å². The van der Waals surface area contributed by atoms with E-state index in [2.05, 4.69) is 28.6 Å². The van der Waals surface area contributed by atoms with Crippen LogP contribution in [-0.2, 0) is 5.54 Å². The lowest BCUT2D eigenvalue weighted by Crippen LogP contribution is -2.56. The maximum Gasteiger partial charge on any atom is 0.319 e. The molecule has 0 aromatic heterocycles. The van der Waals surface area contributed by atoms with Crippen LogP contribution in [0.4, 0.5) is 10.5 Å². The summed E-state index contributed by atoms with van der Waals surface area (Å²) in [6.45, 7) is 2.04. The normalized spacial score (nSPS) is 22.8. The van der Waals surface area contributed by atoms with E-state index >= 15 is 0 Å². The SMILES string of the molecule is CN1CCC2(CC1)NC(=O)Nc1ccccc12. The molecule has 1 fully saturated rings. The highest BCUT2D eigenvalue weighted by Gasteiger charge is 2.41. The number of amides is 2. The average Bonchev–Trinajstić information content (AvgIpc) is 2.33. The zero-order valence-corrected chi connectivity index (χ0v) is 9.99. The van der Waals surface area contributed by atoms with E-state index in [-0.39, 0.29) is 11.6 Å². The number of anilines is 1. The smallest absolute Gasteiger partial charge is 0.319 e. The van der Waals surface area contributed by atoms with Crippen LogP contribution in [0.5, 0.6) is 0 Å². The minimum absolute atomic E-state index is 0.0757. The number of hydrogen-bond acceptors (Lipinski definition) is 2. The number of likely N-dealkylation sites (tertiary alicyclic amines) is 1. The Morgan fingerprint density at radius 3 is 2.71 bits per heavy atom. The molecule has 2 N–H and O–H groups in total. The van der Waals surface area contributed by atoms with E-state index in [0.29, 0.717) is 0 Å². The van der Waals surface area contributed by atoms with E-state index in [1.165, 1.54) is 5.56 Å². The van der Waals surface area contributed by atoms with Gasteiger partial charge in [-0.2, -0.15) is 0 Å². The first kappa shape index (κ1) is 10.6. The number of piperidine rings is 1. The molecule has 0 saturated carbocycles. The first-order chi connectivity index (χ1) is 8.20. The molecule has 90 valence electrons. The second-order valence-electron chi connectivity index (χ2n) is 5.01. The van der Waals surface area contributed by atoms with Crippen LogP contribution >= 0.6 is 0 Å². The van der Waals surface area contributed by atoms with Crippen LogP contribution in [0.25, 0.3) is 0 Å². The van der Waals surface area contributed by atoms with E-state index in [1.54, 1.807) is 0 Å². The number of hydrogen-bond donors (Lipinski definition) is 2. The molecule has 0 unspecified atom stereocenters. The summed E-state index contributed by atoms with van der Waals surface area (Å²) in [4.78, 5) is 14.1. The molecule has 1 aromatic carbocycles. The van der Waals surface area contributed by atoms with E-state index < -0.39 is 0 Å². The summed E-state index contributed by atoms with van der Waals surface area (Å²) in [5.41, 5.74) is 2.03. The van der Waals surface area contributed by atoms with Gasteiger partial charge in [-0.1, -0.05) is 18.2 Å². The molecule has 1 saturated heterocycles. The molecule has 2 heterocycles. The number of urea groups is 1. The molecule has 0 radical (unpaired) electrons. The van der Waals surface area contributed by atoms with Crippen LogP contribution < -0.4 is 10.6 Å². The Morgan fingerprint density at radius 1 is 1.24 bits per heavy atom. The van der Waals surface area contributed by atoms with Gasteiger partial charge in [0.15, 0.2) is 0 Å². The van der Waals surface area contributed by atoms with Crippen LogP contribution in [0.3, 0.4) is 0 Å². The maximum absolute atomic E-state index is 11.7. The topological polar surface area (TPSA) is 44.4 Å². The molecule has 2 aliphatic heterocycles. The van der Waals surface area contributed by atoms with Crippen molar-refractivity contribution < 1.29 is 4.79 Å². The Balaban J connectivity index is 2.02. The summed E-state index contributed by atoms with van der Waals surface area (Å²) in [6, 6.07) is 8.03. The Hall–Kier alpha value is -1.55. The van der Waals surface area contributed by atoms with Crippen LogP contribution in [0.1, 0.15) is 18.4 Å². The van der Waals surface area contributed by atoms with Gasteiger partial charge in [0, 0.05) is 24.3 Å². The predicted octanol–water partition coefficient (Wildman–Crippen LogP) is 1.74. The molecule has 1 spiro atoms. The monoisotopic (exact) mass is 231 g/mol. The molecule has 1 aromatic rings. The van der Waals surface area contributed by atoms with E-state index in [4.69, 9.17) is 0 Å². The van der Waals surface area contributed by atoms with Crippen LogP contribution in [0, 0.1) is 0 Å². The van der Waals surface area contributed by atoms with Gasteiger partial charge in [-0.05, 0) is 26.0 Å². The summed E-state index contributed by atoms with van der Waals surface area (Å²) < 4.78 is 0. The van der Waals surface area contributed by atoms with E-state index in [9.17, 15) is 4.79 Å². The fourth-order valence-electron chi connectivity index (χ4n) is 2.84. The number of fused-ring (bicyclic) bond motifs is 2. The Kier molecular flexibility index (Phi) is 2.33. The Bertz CT molecular complexity index is 450. The van der Waals surface area contributed by atoms with Gasteiger partial charge in [0.2, 0.25) is 0 Å². The quantitative estimate of drug-likeness (QED) is 0.714. The Labute approximate surface area is 101 Å². The third-order valence-electron chi connectivity index (χ3n) is 3.88. The minimum atomic E-state index is -0.161. The molecule has 2 amide bonds. The fraction of sp³-hybridized carbons (Fsp3) is 0.462. The highest BCUT2D eigenvalue weighted by Crippen LogP contribution is 2.39. The van der Waals surface area contributed by atoms with Crippen molar-refractivity contribution in [2.45, 2.75) is 18.4 Å². The summed E-state index contributed by atoms with van der Waals surface area (Å²) in [5.74, 6) is 0. The first-order valence-corrected chi connectivity index (χ1v) is 6.07. The molecule has 2 aliphatic rings. The van der Waals surface area contributed by atoms with Gasteiger partial charge in [-0.15, -0.1) is 0 Å². The van der Waals surface area contributed by atoms with Gasteiger partial charge in [0.25, 0.3) is 0 Å². The lowest BCUT2D eigenvalue weighted by molar-refractivity contribution is 0.158. The lowest BCUT2D eigenvalue weighted by atomic mass is 9.79. The molecule has 0 atom stereocenters. The molecule has 4 nitrogen and oxygen atoms in total. The number of nitrogens with zero attached hydrogens (tertiary/aromatic N) is 1. The zero-order chi connectivity index (χ0) is 11.9. The van der Waals surface area contributed by atoms with Crippen LogP contribution in [-0.4, -0.2) is 31.1 Å². The van der Waals surface area contributed by atoms with Gasteiger partial charge in [0.05, 0.1) is 5.54 Å². The number of rotatable bonds is 0. The van der Waals surface area contributed by atoms with Gasteiger partial charge >= 0.3 is 6.03 Å². The van der Waals surface area contributed by atoms with Crippen molar-refractivity contribution in [3.8, 4) is 0 Å². The Morgan fingerprint density at radius 2 is 1.94 bits per heavy atom. The molecule has 0 bridgehead atoms. The van der Waals surface area contributed by atoms with Crippen molar-refractivity contribution >= 4 is 11.7 Å². The maximum atomic E-state index is 11.7. The number of carbonyl (C=O) groups is 1. The second kappa shape index (κ2) is 3.74. The number of benzene rings is 1. The van der Waals surface area contributed by atoms with Crippen molar-refractivity contribution in [2.24, 2.45) is 0 Å². The average molecular weight is 231 g/mol. The van der Waals surface area contributed by atoms with Crippen molar-refractivity contribution in [1.29, 1.82) is 0 Å². The molecule has 4 heteroatoms. The highest BCUT2D eigenvalue weighted by atomic mass is 16.2. The first-order valence-electron chi connectivity index (χ1n) is 6.07. The summed E-state index contributed by atoms with van der Waals surface area (Å²) in [7, 11) is 2.13. The highest BCUT2D eigenvalue weighted by molar-refractivity contribution is 5.93. The summed E-state index contributed by atoms with van der Waals surface area (Å²) in [5, 5.41) is 6.01. The summed E-state index contributed by atoms with van der Waals surface area (Å²) in [6.07, 6.45) is 1.96. The van der Waals surface area contributed by atoms with Crippen molar-refractivity contribution in [3.63, 3.8) is 0 Å². The molecular formula is C13H17N3O. The van der Waals surface area contributed by atoms with Gasteiger partial charge < -0.3 is 15.5 Å². The van der Waals surface area contributed by atoms with E-state index in [1.807, 2.05) is 18.2 Å². The van der Waals surface area contributed by atoms with Gasteiger partial charge in [-0.25, -0.2) is 4.79 Å². The molecule has 0 aliphatic carbocycles. The van der Waals surface area contributed by atoms with Crippen LogP contribution in [0.2, 0.25) is 0 Å². The zero-order valence-electron chi connectivity index (χ0n) is 9.99. The minimum Gasteiger partial charge on any atom is -0.328 e. The standard InChI is InChI=1S/C13H17N3O/c1-16-8-6-13(7-9-16)10-4-2-3-5-11(10)14-12(17)15-13/h2-5H,6-9H2,1H3,(H2,14,15,17). The van der Waals surface area contributed by atoms with Crippen LogP contribution in [0.15, 0.2) is 24.3 Å². The van der Waals surface area contributed by atoms with Crippen molar-refractivity contribution in [2.75, 3.05) is 25.5 Å². The number of para-hydroxylation sites is 1. The van der Waals surface area contributed by atoms with Gasteiger partial charge in [-0.3, -0.25) is 0 Å². The molecule has 17 heavy (non-hydrogen) atoms. The largest absolute Gasteiger partial charge is 0.328 e. The predicted molar refractivity (Wildman–Crippen MR) is 67.0 cm³/mol. The third kappa shape index (κ3) is 1.69. The third-order valence-corrected chi connectivity index (χ3v) is 3.88. The second-order valence-corrected chi connectivity index (χ2v) is 5.01. The van der Waals surface area contributed by atoms with Gasteiger partial charge in [0.1, 0.15) is 0 Å². The molecular weight excluding hydrogens is 214 g/mol. The molecule has 3 rings (SSSR count). The lowest BCUT2D eigenvalue weighted by Gasteiger charge is -2.44.